The Labute approximate surface area is 75.2 Å². The molecule has 3 heteroatoms. The number of benzene rings is 1. The summed E-state index contributed by atoms with van der Waals surface area (Å²) < 4.78 is 5.34. The van der Waals surface area contributed by atoms with E-state index in [4.69, 9.17) is 14.6 Å². The maximum absolute atomic E-state index is 9.04. The van der Waals surface area contributed by atoms with Crippen molar-refractivity contribution in [3.8, 4) is 0 Å². The molecule has 0 aliphatic carbocycles. The average molecular weight is 178 g/mol. The SMILES string of the molecule is Cc1cc2c(C(O)O)cccc2o1. The molecule has 0 fully saturated rings. The van der Waals surface area contributed by atoms with Crippen LogP contribution >= 0.6 is 0 Å². The summed E-state index contributed by atoms with van der Waals surface area (Å²) in [6.45, 7) is 1.83. The van der Waals surface area contributed by atoms with E-state index in [9.17, 15) is 0 Å². The number of fused-ring (bicyclic) bond motifs is 1. The summed E-state index contributed by atoms with van der Waals surface area (Å²) in [7, 11) is 0. The van der Waals surface area contributed by atoms with E-state index in [-0.39, 0.29) is 0 Å². The van der Waals surface area contributed by atoms with Crippen LogP contribution in [0.5, 0.6) is 0 Å². The Morgan fingerprint density at radius 3 is 2.77 bits per heavy atom. The van der Waals surface area contributed by atoms with Crippen molar-refractivity contribution in [1.29, 1.82) is 0 Å². The summed E-state index contributed by atoms with van der Waals surface area (Å²) in [4.78, 5) is 0. The van der Waals surface area contributed by atoms with Crippen molar-refractivity contribution in [2.45, 2.75) is 13.2 Å². The minimum Gasteiger partial charge on any atom is -0.461 e. The van der Waals surface area contributed by atoms with E-state index in [1.54, 1.807) is 24.3 Å². The second kappa shape index (κ2) is 2.87. The second-order valence-electron chi connectivity index (χ2n) is 2.99. The Kier molecular flexibility index (Phi) is 1.83. The molecular formula is C10H10O3. The molecule has 0 saturated heterocycles. The number of aliphatic hydroxyl groups excluding tert-OH is 1. The van der Waals surface area contributed by atoms with Crippen LogP contribution in [0.2, 0.25) is 0 Å². The van der Waals surface area contributed by atoms with Gasteiger partial charge in [0.25, 0.3) is 0 Å². The highest BCUT2D eigenvalue weighted by atomic mass is 16.5. The lowest BCUT2D eigenvalue weighted by Gasteiger charge is -2.03. The molecule has 13 heavy (non-hydrogen) atoms. The Morgan fingerprint density at radius 2 is 2.08 bits per heavy atom. The number of aryl methyl sites for hydroxylation is 1. The molecule has 0 saturated carbocycles. The van der Waals surface area contributed by atoms with E-state index in [1.165, 1.54) is 0 Å². The average Bonchev–Trinajstić information content (AvgIpc) is 2.43. The lowest BCUT2D eigenvalue weighted by atomic mass is 10.1. The van der Waals surface area contributed by atoms with Crippen molar-refractivity contribution in [3.63, 3.8) is 0 Å². The van der Waals surface area contributed by atoms with Crippen LogP contribution in [0.15, 0.2) is 28.7 Å². The standard InChI is InChI=1S/C10H10O3/c1-6-5-8-7(10(11)12)3-2-4-9(8)13-6/h2-5,10-12H,1H3. The Balaban J connectivity index is 2.75. The van der Waals surface area contributed by atoms with Crippen molar-refractivity contribution >= 4 is 11.0 Å². The molecule has 1 heterocycles. The van der Waals surface area contributed by atoms with Crippen molar-refractivity contribution in [3.05, 3.63) is 35.6 Å². The van der Waals surface area contributed by atoms with Gasteiger partial charge in [-0.3, -0.25) is 0 Å². The van der Waals surface area contributed by atoms with E-state index in [0.29, 0.717) is 11.1 Å². The van der Waals surface area contributed by atoms with Gasteiger partial charge in [0.05, 0.1) is 0 Å². The molecule has 0 bridgehead atoms. The minimum absolute atomic E-state index is 0.481. The van der Waals surface area contributed by atoms with Crippen LogP contribution in [0.3, 0.4) is 0 Å². The molecular weight excluding hydrogens is 168 g/mol. The van der Waals surface area contributed by atoms with Crippen LogP contribution in [-0.4, -0.2) is 10.2 Å². The number of furan rings is 1. The molecule has 3 nitrogen and oxygen atoms in total. The fraction of sp³-hybridized carbons (Fsp3) is 0.200. The van der Waals surface area contributed by atoms with Gasteiger partial charge in [-0.15, -0.1) is 0 Å². The molecule has 0 atom stereocenters. The van der Waals surface area contributed by atoms with Crippen LogP contribution in [0.1, 0.15) is 17.6 Å². The molecule has 0 radical (unpaired) electrons. The van der Waals surface area contributed by atoms with Crippen LogP contribution in [0.4, 0.5) is 0 Å². The summed E-state index contributed by atoms with van der Waals surface area (Å²) in [5.41, 5.74) is 1.16. The first-order valence-corrected chi connectivity index (χ1v) is 4.03. The summed E-state index contributed by atoms with van der Waals surface area (Å²) in [6.07, 6.45) is -1.44. The van der Waals surface area contributed by atoms with Gasteiger partial charge in [0.2, 0.25) is 0 Å². The fourth-order valence-corrected chi connectivity index (χ4v) is 1.44. The third-order valence-electron chi connectivity index (χ3n) is 2.00. The van der Waals surface area contributed by atoms with Gasteiger partial charge in [-0.05, 0) is 19.1 Å². The molecule has 0 amide bonds. The molecule has 2 N–H and O–H groups in total. The zero-order chi connectivity index (χ0) is 9.42. The van der Waals surface area contributed by atoms with Crippen molar-refractivity contribution in [2.24, 2.45) is 0 Å². The van der Waals surface area contributed by atoms with Gasteiger partial charge in [0.1, 0.15) is 11.3 Å². The van der Waals surface area contributed by atoms with E-state index in [0.717, 1.165) is 11.1 Å². The summed E-state index contributed by atoms with van der Waals surface area (Å²) in [6, 6.07) is 7.00. The van der Waals surface area contributed by atoms with Gasteiger partial charge >= 0.3 is 0 Å². The highest BCUT2D eigenvalue weighted by Gasteiger charge is 2.09. The van der Waals surface area contributed by atoms with E-state index in [1.807, 2.05) is 6.92 Å². The maximum atomic E-state index is 9.04. The van der Waals surface area contributed by atoms with E-state index in [2.05, 4.69) is 0 Å². The van der Waals surface area contributed by atoms with Crippen LogP contribution < -0.4 is 0 Å². The van der Waals surface area contributed by atoms with Crippen LogP contribution in [-0.2, 0) is 0 Å². The molecule has 0 aliphatic heterocycles. The number of hydrogen-bond acceptors (Lipinski definition) is 3. The fourth-order valence-electron chi connectivity index (χ4n) is 1.44. The quantitative estimate of drug-likeness (QED) is 0.654. The Bertz CT molecular complexity index is 429. The number of hydrogen-bond donors (Lipinski definition) is 2. The molecule has 68 valence electrons. The zero-order valence-electron chi connectivity index (χ0n) is 7.19. The molecule has 2 rings (SSSR count). The molecule has 0 unspecified atom stereocenters. The minimum atomic E-state index is -1.44. The summed E-state index contributed by atoms with van der Waals surface area (Å²) >= 11 is 0. The first kappa shape index (κ1) is 8.29. The highest BCUT2D eigenvalue weighted by Crippen LogP contribution is 2.25. The Hall–Kier alpha value is -1.32. The summed E-state index contributed by atoms with van der Waals surface area (Å²) in [5.74, 6) is 0.767. The predicted molar refractivity (Wildman–Crippen MR) is 48.1 cm³/mol. The van der Waals surface area contributed by atoms with Gasteiger partial charge in [-0.25, -0.2) is 0 Å². The molecule has 1 aromatic carbocycles. The van der Waals surface area contributed by atoms with Gasteiger partial charge in [0, 0.05) is 10.9 Å². The zero-order valence-corrected chi connectivity index (χ0v) is 7.19. The van der Waals surface area contributed by atoms with E-state index < -0.39 is 6.29 Å². The highest BCUT2D eigenvalue weighted by molar-refractivity contribution is 5.81. The van der Waals surface area contributed by atoms with Crippen molar-refractivity contribution < 1.29 is 14.6 Å². The van der Waals surface area contributed by atoms with Crippen LogP contribution in [0, 0.1) is 6.92 Å². The molecule has 2 aromatic rings. The summed E-state index contributed by atoms with van der Waals surface area (Å²) in [5, 5.41) is 18.8. The van der Waals surface area contributed by atoms with E-state index >= 15 is 0 Å². The number of aliphatic hydroxyl groups is 2. The van der Waals surface area contributed by atoms with Gasteiger partial charge in [-0.2, -0.15) is 0 Å². The predicted octanol–water partition coefficient (Wildman–Crippen LogP) is 1.72. The molecule has 0 aliphatic rings. The number of rotatable bonds is 1. The van der Waals surface area contributed by atoms with Crippen molar-refractivity contribution in [1.82, 2.24) is 0 Å². The topological polar surface area (TPSA) is 53.6 Å². The van der Waals surface area contributed by atoms with Gasteiger partial charge in [-0.1, -0.05) is 12.1 Å². The monoisotopic (exact) mass is 178 g/mol. The van der Waals surface area contributed by atoms with Crippen LogP contribution in [0.25, 0.3) is 11.0 Å². The lowest BCUT2D eigenvalue weighted by Crippen LogP contribution is -1.94. The third-order valence-corrected chi connectivity index (χ3v) is 2.00. The first-order chi connectivity index (χ1) is 6.18. The largest absolute Gasteiger partial charge is 0.461 e. The Morgan fingerprint density at radius 1 is 1.31 bits per heavy atom. The maximum Gasteiger partial charge on any atom is 0.179 e. The first-order valence-electron chi connectivity index (χ1n) is 4.03. The third kappa shape index (κ3) is 1.32. The normalized spacial score (nSPS) is 11.4. The second-order valence-corrected chi connectivity index (χ2v) is 2.99. The lowest BCUT2D eigenvalue weighted by molar-refractivity contribution is -0.0413. The molecule has 0 spiro atoms. The van der Waals surface area contributed by atoms with Gasteiger partial charge in [0.15, 0.2) is 6.29 Å². The van der Waals surface area contributed by atoms with Gasteiger partial charge < -0.3 is 14.6 Å². The molecule has 1 aromatic heterocycles. The smallest absolute Gasteiger partial charge is 0.179 e. The van der Waals surface area contributed by atoms with Crippen molar-refractivity contribution in [2.75, 3.05) is 0 Å².